The van der Waals surface area contributed by atoms with Gasteiger partial charge in [-0.2, -0.15) is 10.1 Å². The van der Waals surface area contributed by atoms with Gasteiger partial charge in [0.15, 0.2) is 5.82 Å². The van der Waals surface area contributed by atoms with Crippen LogP contribution in [0.25, 0.3) is 11.3 Å². The van der Waals surface area contributed by atoms with Crippen molar-refractivity contribution in [3.05, 3.63) is 53.6 Å². The number of nitrogens with one attached hydrogen (secondary N) is 1. The Hall–Kier alpha value is -3.75. The minimum atomic E-state index is -0.726. The lowest BCUT2D eigenvalue weighted by atomic mass is 10.0. The number of carbonyl (C=O) groups is 1. The number of hydrogen-bond donors (Lipinski definition) is 1. The Kier molecular flexibility index (Phi) is 6.00. The fourth-order valence-corrected chi connectivity index (χ4v) is 4.50. The highest BCUT2D eigenvalue weighted by molar-refractivity contribution is 6.19. The normalized spacial score (nSPS) is 19.5. The number of rotatable bonds is 1. The Bertz CT molecular complexity index is 1320. The summed E-state index contributed by atoms with van der Waals surface area (Å²) in [5.41, 5.74) is 3.92. The predicted molar refractivity (Wildman–Crippen MR) is 134 cm³/mol. The molecule has 0 saturated heterocycles. The molecule has 9 heteroatoms. The first kappa shape index (κ1) is 23.0. The fraction of sp³-hybridized carbons (Fsp3) is 0.385. The number of anilines is 2. The van der Waals surface area contributed by atoms with Crippen LogP contribution in [0.3, 0.4) is 0 Å². The summed E-state index contributed by atoms with van der Waals surface area (Å²) < 4.78 is 22.4. The summed E-state index contributed by atoms with van der Waals surface area (Å²) in [5.74, 6) is 0.199. The second-order valence-corrected chi connectivity index (χ2v) is 9.54. The zero-order chi connectivity index (χ0) is 24.7. The molecule has 2 aliphatic rings. The molecule has 2 aromatic heterocycles. The van der Waals surface area contributed by atoms with Crippen LogP contribution in [0.1, 0.15) is 55.5 Å². The van der Waals surface area contributed by atoms with E-state index in [1.165, 1.54) is 11.6 Å². The van der Waals surface area contributed by atoms with Crippen LogP contribution in [-0.2, 0) is 7.05 Å². The van der Waals surface area contributed by atoms with Crippen LogP contribution in [0.2, 0.25) is 0 Å². The molecule has 4 heterocycles. The summed E-state index contributed by atoms with van der Waals surface area (Å²) >= 11 is 0. The summed E-state index contributed by atoms with van der Waals surface area (Å²) in [7, 11) is 1.78. The van der Waals surface area contributed by atoms with E-state index in [4.69, 9.17) is 4.74 Å². The average Bonchev–Trinajstić information content (AvgIpc) is 3.36. The van der Waals surface area contributed by atoms with E-state index >= 15 is 0 Å². The third-order valence-corrected chi connectivity index (χ3v) is 6.51. The summed E-state index contributed by atoms with van der Waals surface area (Å²) in [6, 6.07) is 7.64. The molecule has 182 valence electrons. The number of benzene rings is 1. The summed E-state index contributed by atoms with van der Waals surface area (Å²) in [6.07, 6.45) is 4.42. The van der Waals surface area contributed by atoms with Crippen LogP contribution >= 0.6 is 0 Å². The van der Waals surface area contributed by atoms with E-state index < -0.39 is 11.7 Å². The van der Waals surface area contributed by atoms with Crippen molar-refractivity contribution >= 4 is 23.2 Å². The molecule has 0 fully saturated rings. The van der Waals surface area contributed by atoms with E-state index in [-0.39, 0.29) is 5.56 Å². The highest BCUT2D eigenvalue weighted by Crippen LogP contribution is 2.36. The second kappa shape index (κ2) is 9.13. The van der Waals surface area contributed by atoms with Gasteiger partial charge in [0, 0.05) is 13.6 Å². The van der Waals surface area contributed by atoms with Crippen molar-refractivity contribution in [2.75, 3.05) is 23.4 Å². The Morgan fingerprint density at radius 1 is 1.20 bits per heavy atom. The molecule has 5 rings (SSSR count). The number of carbonyl (C=O) groups excluding carboxylic acids is 1. The van der Waals surface area contributed by atoms with Crippen LogP contribution in [0, 0.1) is 11.7 Å². The highest BCUT2D eigenvalue weighted by Gasteiger charge is 2.29. The van der Waals surface area contributed by atoms with Crippen molar-refractivity contribution in [2.24, 2.45) is 18.0 Å². The molecule has 2 bridgehead atoms. The first-order chi connectivity index (χ1) is 16.8. The molecular formula is C26H29FN6O2. The molecule has 1 N–H and O–H groups in total. The maximum atomic E-state index is 14.7. The number of aromatic nitrogens is 3. The molecule has 1 amide bonds. The van der Waals surface area contributed by atoms with Crippen LogP contribution in [0.4, 0.5) is 15.8 Å². The Morgan fingerprint density at radius 3 is 2.83 bits per heavy atom. The molecule has 0 unspecified atom stereocenters. The quantitative estimate of drug-likeness (QED) is 0.533. The van der Waals surface area contributed by atoms with Gasteiger partial charge < -0.3 is 15.0 Å². The number of ether oxygens (including phenoxy) is 1. The number of halogens is 1. The minimum absolute atomic E-state index is 0.152. The van der Waals surface area contributed by atoms with E-state index in [1.54, 1.807) is 17.9 Å². The standard InChI is InChI=1S/C26H29FN6O2/c1-15(2)17-7-8-21-23(10-17)33-14-16(3)6-5-9-35-25-19(12-29-32(25)4)22-11-18(20(27)13-28-22)24(34)31-26(33)30-21/h7-8,10-13,15-16H,5-6,9,14H2,1-4H3,(H,30,31,34)/t16-/m1/s1. The molecular weight excluding hydrogens is 447 g/mol. The minimum Gasteiger partial charge on any atom is -0.477 e. The zero-order valence-corrected chi connectivity index (χ0v) is 20.4. The Balaban J connectivity index is 1.60. The van der Waals surface area contributed by atoms with Crippen LogP contribution in [0.15, 0.2) is 41.7 Å². The maximum absolute atomic E-state index is 14.7. The number of guanidine groups is 1. The van der Waals surface area contributed by atoms with Gasteiger partial charge in [-0.15, -0.1) is 0 Å². The first-order valence-electron chi connectivity index (χ1n) is 11.9. The van der Waals surface area contributed by atoms with Crippen molar-refractivity contribution in [3.8, 4) is 17.1 Å². The second-order valence-electron chi connectivity index (χ2n) is 9.54. The number of hydrogen-bond acceptors (Lipinski definition) is 6. The van der Waals surface area contributed by atoms with Gasteiger partial charge in [0.2, 0.25) is 11.8 Å². The van der Waals surface area contributed by atoms with Crippen molar-refractivity contribution in [3.63, 3.8) is 0 Å². The Labute approximate surface area is 203 Å². The number of pyridine rings is 1. The molecule has 0 aliphatic carbocycles. The predicted octanol–water partition coefficient (Wildman–Crippen LogP) is 4.98. The summed E-state index contributed by atoms with van der Waals surface area (Å²) in [4.78, 5) is 23.8. The number of amides is 1. The van der Waals surface area contributed by atoms with Gasteiger partial charge in [0.25, 0.3) is 5.91 Å². The third-order valence-electron chi connectivity index (χ3n) is 6.51. The van der Waals surface area contributed by atoms with E-state index in [9.17, 15) is 9.18 Å². The van der Waals surface area contributed by atoms with Gasteiger partial charge in [-0.1, -0.05) is 26.8 Å². The molecule has 0 spiro atoms. The molecule has 8 nitrogen and oxygen atoms in total. The molecule has 35 heavy (non-hydrogen) atoms. The van der Waals surface area contributed by atoms with E-state index in [0.717, 1.165) is 30.4 Å². The number of fused-ring (bicyclic) bond motifs is 7. The molecule has 0 saturated carbocycles. The topological polar surface area (TPSA) is 84.6 Å². The van der Waals surface area contributed by atoms with E-state index in [0.29, 0.717) is 48.1 Å². The summed E-state index contributed by atoms with van der Waals surface area (Å²) in [5, 5.41) is 7.54. The fourth-order valence-electron chi connectivity index (χ4n) is 4.50. The van der Waals surface area contributed by atoms with Gasteiger partial charge in [0.05, 0.1) is 47.2 Å². The van der Waals surface area contributed by atoms with Crippen molar-refractivity contribution < 1.29 is 13.9 Å². The van der Waals surface area contributed by atoms with Gasteiger partial charge in [-0.25, -0.2) is 9.07 Å². The molecule has 1 aromatic carbocycles. The van der Waals surface area contributed by atoms with Crippen molar-refractivity contribution in [2.45, 2.75) is 39.5 Å². The number of nitrogens with zero attached hydrogens (tertiary/aromatic N) is 5. The molecule has 3 aromatic rings. The van der Waals surface area contributed by atoms with Crippen molar-refractivity contribution in [1.29, 1.82) is 0 Å². The van der Waals surface area contributed by atoms with Gasteiger partial charge in [0.1, 0.15) is 0 Å². The maximum Gasteiger partial charge on any atom is 0.283 e. The van der Waals surface area contributed by atoms with E-state index in [1.807, 2.05) is 11.0 Å². The number of aliphatic imine (C=N–C) groups is 1. The molecule has 0 radical (unpaired) electrons. The summed E-state index contributed by atoms with van der Waals surface area (Å²) in [6.45, 7) is 7.64. The largest absolute Gasteiger partial charge is 0.477 e. The third kappa shape index (κ3) is 4.38. The SMILES string of the molecule is CC(C)c1ccc2c(c1)N1C[C@H](C)CCCOc3c(cnn3C)-c3cc(c(F)cn3)C(=O)/N=C/1N2. The van der Waals surface area contributed by atoms with Gasteiger partial charge in [-0.05, 0) is 48.4 Å². The lowest BCUT2D eigenvalue weighted by Crippen LogP contribution is -2.35. The lowest BCUT2D eigenvalue weighted by Gasteiger charge is -2.23. The zero-order valence-electron chi connectivity index (χ0n) is 20.4. The monoisotopic (exact) mass is 476 g/mol. The average molecular weight is 477 g/mol. The lowest BCUT2D eigenvalue weighted by molar-refractivity contribution is 0.0998. The van der Waals surface area contributed by atoms with Crippen LogP contribution in [-0.4, -0.2) is 39.8 Å². The highest BCUT2D eigenvalue weighted by atomic mass is 19.1. The molecule has 1 atom stereocenters. The molecule has 2 aliphatic heterocycles. The van der Waals surface area contributed by atoms with Gasteiger partial charge in [-0.3, -0.25) is 9.78 Å². The smallest absolute Gasteiger partial charge is 0.283 e. The Morgan fingerprint density at radius 2 is 2.03 bits per heavy atom. The van der Waals surface area contributed by atoms with E-state index in [2.05, 4.69) is 53.3 Å². The van der Waals surface area contributed by atoms with Gasteiger partial charge >= 0.3 is 0 Å². The van der Waals surface area contributed by atoms with Crippen LogP contribution < -0.4 is 15.0 Å². The van der Waals surface area contributed by atoms with Crippen molar-refractivity contribution in [1.82, 2.24) is 14.8 Å². The first-order valence-corrected chi connectivity index (χ1v) is 11.9. The number of aryl methyl sites for hydroxylation is 1. The van der Waals surface area contributed by atoms with Crippen LogP contribution in [0.5, 0.6) is 5.88 Å².